The molecule has 2 nitrogen and oxygen atoms in total. The van der Waals surface area contributed by atoms with Gasteiger partial charge in [-0.1, -0.05) is 36.4 Å². The Kier molecular flexibility index (Phi) is 3.41. The van der Waals surface area contributed by atoms with E-state index in [1.165, 1.54) is 12.1 Å². The van der Waals surface area contributed by atoms with Crippen LogP contribution in [0.5, 0.6) is 0 Å². The van der Waals surface area contributed by atoms with Gasteiger partial charge in [-0.3, -0.25) is 0 Å². The average molecular weight is 291 g/mol. The quantitative estimate of drug-likeness (QED) is 0.811. The number of alkyl halides is 3. The zero-order chi connectivity index (χ0) is 14.9. The van der Waals surface area contributed by atoms with Crippen LogP contribution in [0.2, 0.25) is 0 Å². The van der Waals surface area contributed by atoms with Crippen molar-refractivity contribution in [1.29, 1.82) is 0 Å². The van der Waals surface area contributed by atoms with Crippen molar-refractivity contribution in [2.45, 2.75) is 12.2 Å². The third-order valence-corrected chi connectivity index (χ3v) is 3.30. The molecule has 1 aliphatic heterocycles. The molecule has 0 amide bonds. The van der Waals surface area contributed by atoms with E-state index in [0.717, 1.165) is 11.6 Å². The lowest BCUT2D eigenvalue weighted by atomic mass is 10.0. The summed E-state index contributed by atoms with van der Waals surface area (Å²) < 4.78 is 44.6. The molecule has 0 fully saturated rings. The molecule has 108 valence electrons. The number of hydrogen-bond acceptors (Lipinski definition) is 2. The smallest absolute Gasteiger partial charge is 0.416 e. The molecule has 0 saturated heterocycles. The van der Waals surface area contributed by atoms with Crippen LogP contribution in [-0.2, 0) is 10.9 Å². The predicted octanol–water partition coefficient (Wildman–Crippen LogP) is 4.22. The largest absolute Gasteiger partial charge is 0.475 e. The molecular formula is C16H12F3NO. The Hall–Kier alpha value is -2.30. The molecule has 0 aliphatic carbocycles. The van der Waals surface area contributed by atoms with Gasteiger partial charge in [-0.2, -0.15) is 13.2 Å². The van der Waals surface area contributed by atoms with E-state index < -0.39 is 17.8 Å². The lowest BCUT2D eigenvalue weighted by Gasteiger charge is -2.14. The summed E-state index contributed by atoms with van der Waals surface area (Å²) in [5.41, 5.74) is 0.261. The molecule has 0 aromatic heterocycles. The summed E-state index contributed by atoms with van der Waals surface area (Å²) in [6.45, 7) is 0.122. The summed E-state index contributed by atoms with van der Waals surface area (Å²) in [5.74, 6) is 0.387. The Morgan fingerprint density at radius 1 is 0.952 bits per heavy atom. The molecule has 2 aromatic carbocycles. The van der Waals surface area contributed by atoms with Crippen LogP contribution in [-0.4, -0.2) is 12.5 Å². The van der Waals surface area contributed by atoms with Crippen molar-refractivity contribution in [1.82, 2.24) is 0 Å². The van der Waals surface area contributed by atoms with Crippen molar-refractivity contribution in [3.8, 4) is 0 Å². The number of rotatable bonds is 2. The SMILES string of the molecule is FC(F)(F)c1ccccc1[C@@H]1COC(c2ccccc2)=N1. The minimum absolute atomic E-state index is 0.122. The van der Waals surface area contributed by atoms with Crippen molar-refractivity contribution in [2.75, 3.05) is 6.61 Å². The molecule has 1 aliphatic rings. The van der Waals surface area contributed by atoms with E-state index in [0.29, 0.717) is 5.90 Å². The fourth-order valence-corrected chi connectivity index (χ4v) is 2.32. The number of hydrogen-bond donors (Lipinski definition) is 0. The molecule has 3 rings (SSSR count). The molecule has 0 bridgehead atoms. The van der Waals surface area contributed by atoms with E-state index in [2.05, 4.69) is 4.99 Å². The van der Waals surface area contributed by atoms with Gasteiger partial charge in [0.05, 0.1) is 5.56 Å². The van der Waals surface area contributed by atoms with Gasteiger partial charge in [-0.15, -0.1) is 0 Å². The van der Waals surface area contributed by atoms with Gasteiger partial charge >= 0.3 is 6.18 Å². The number of ether oxygens (including phenoxy) is 1. The number of halogens is 3. The Labute approximate surface area is 119 Å². The van der Waals surface area contributed by atoms with Crippen LogP contribution in [0, 0.1) is 0 Å². The number of aliphatic imine (C=N–C) groups is 1. The summed E-state index contributed by atoms with van der Waals surface area (Å²) in [6, 6.07) is 14.0. The maximum atomic E-state index is 13.0. The van der Waals surface area contributed by atoms with Crippen LogP contribution >= 0.6 is 0 Å². The Balaban J connectivity index is 1.95. The fraction of sp³-hybridized carbons (Fsp3) is 0.188. The molecule has 5 heteroatoms. The lowest BCUT2D eigenvalue weighted by Crippen LogP contribution is -2.11. The van der Waals surface area contributed by atoms with Gasteiger partial charge in [-0.25, -0.2) is 4.99 Å². The molecule has 0 spiro atoms. The summed E-state index contributed by atoms with van der Waals surface area (Å²) in [6.07, 6.45) is -4.39. The highest BCUT2D eigenvalue weighted by Gasteiger charge is 2.36. The second kappa shape index (κ2) is 5.24. The van der Waals surface area contributed by atoms with Crippen molar-refractivity contribution in [3.63, 3.8) is 0 Å². The molecule has 2 aromatic rings. The third-order valence-electron chi connectivity index (χ3n) is 3.30. The van der Waals surface area contributed by atoms with Crippen LogP contribution in [0.4, 0.5) is 13.2 Å². The average Bonchev–Trinajstić information content (AvgIpc) is 2.97. The van der Waals surface area contributed by atoms with Crippen molar-refractivity contribution < 1.29 is 17.9 Å². The normalized spacial score (nSPS) is 18.2. The molecule has 21 heavy (non-hydrogen) atoms. The Morgan fingerprint density at radius 2 is 1.62 bits per heavy atom. The van der Waals surface area contributed by atoms with Crippen molar-refractivity contribution in [2.24, 2.45) is 4.99 Å². The van der Waals surface area contributed by atoms with E-state index >= 15 is 0 Å². The second-order valence-corrected chi connectivity index (χ2v) is 4.71. The minimum Gasteiger partial charge on any atom is -0.475 e. The Morgan fingerprint density at radius 3 is 2.33 bits per heavy atom. The van der Waals surface area contributed by atoms with Gasteiger partial charge in [0.25, 0.3) is 0 Å². The van der Waals surface area contributed by atoms with Gasteiger partial charge in [0.2, 0.25) is 5.90 Å². The van der Waals surface area contributed by atoms with Gasteiger partial charge in [0.15, 0.2) is 0 Å². The van der Waals surface area contributed by atoms with E-state index in [-0.39, 0.29) is 12.2 Å². The molecule has 0 unspecified atom stereocenters. The number of nitrogens with zero attached hydrogens (tertiary/aromatic N) is 1. The van der Waals surface area contributed by atoms with Crippen molar-refractivity contribution >= 4 is 5.90 Å². The monoisotopic (exact) mass is 291 g/mol. The highest BCUT2D eigenvalue weighted by atomic mass is 19.4. The maximum absolute atomic E-state index is 13.0. The van der Waals surface area contributed by atoms with Gasteiger partial charge in [0.1, 0.15) is 12.6 Å². The minimum atomic E-state index is -4.39. The molecule has 0 radical (unpaired) electrons. The fourth-order valence-electron chi connectivity index (χ4n) is 2.32. The third kappa shape index (κ3) is 2.77. The zero-order valence-corrected chi connectivity index (χ0v) is 11.0. The van der Waals surface area contributed by atoms with E-state index in [1.54, 1.807) is 6.07 Å². The van der Waals surface area contributed by atoms with Crippen LogP contribution in [0.15, 0.2) is 59.6 Å². The van der Waals surface area contributed by atoms with Crippen LogP contribution in [0.1, 0.15) is 22.7 Å². The van der Waals surface area contributed by atoms with Crippen LogP contribution in [0.25, 0.3) is 0 Å². The molecule has 1 heterocycles. The van der Waals surface area contributed by atoms with E-state index in [9.17, 15) is 13.2 Å². The molecule has 1 atom stereocenters. The summed E-state index contributed by atoms with van der Waals surface area (Å²) >= 11 is 0. The van der Waals surface area contributed by atoms with Crippen LogP contribution in [0.3, 0.4) is 0 Å². The first kappa shape index (κ1) is 13.7. The number of benzene rings is 2. The molecule has 0 N–H and O–H groups in total. The summed E-state index contributed by atoms with van der Waals surface area (Å²) in [7, 11) is 0. The first-order valence-electron chi connectivity index (χ1n) is 6.48. The van der Waals surface area contributed by atoms with Gasteiger partial charge in [-0.05, 0) is 23.8 Å². The Bertz CT molecular complexity index is 665. The van der Waals surface area contributed by atoms with Gasteiger partial charge in [0, 0.05) is 5.56 Å². The van der Waals surface area contributed by atoms with Gasteiger partial charge < -0.3 is 4.74 Å². The highest BCUT2D eigenvalue weighted by molar-refractivity contribution is 5.95. The summed E-state index contributed by atoms with van der Waals surface area (Å²) in [5, 5.41) is 0. The second-order valence-electron chi connectivity index (χ2n) is 4.71. The summed E-state index contributed by atoms with van der Waals surface area (Å²) in [4.78, 5) is 4.30. The van der Waals surface area contributed by atoms with Crippen LogP contribution < -0.4 is 0 Å². The van der Waals surface area contributed by atoms with E-state index in [1.807, 2.05) is 30.3 Å². The first-order chi connectivity index (χ1) is 10.1. The predicted molar refractivity (Wildman–Crippen MR) is 73.1 cm³/mol. The zero-order valence-electron chi connectivity index (χ0n) is 11.0. The van der Waals surface area contributed by atoms with E-state index in [4.69, 9.17) is 4.74 Å². The topological polar surface area (TPSA) is 21.6 Å². The molecular weight excluding hydrogens is 279 g/mol. The highest BCUT2D eigenvalue weighted by Crippen LogP contribution is 2.37. The standard InChI is InChI=1S/C16H12F3NO/c17-16(18,19)13-9-5-4-8-12(13)14-10-21-15(20-14)11-6-2-1-3-7-11/h1-9,14H,10H2/t14-/m0/s1. The first-order valence-corrected chi connectivity index (χ1v) is 6.48. The van der Waals surface area contributed by atoms with Crippen molar-refractivity contribution in [3.05, 3.63) is 71.3 Å². The lowest BCUT2D eigenvalue weighted by molar-refractivity contribution is -0.138. The molecule has 0 saturated carbocycles. The maximum Gasteiger partial charge on any atom is 0.416 e.